The van der Waals surface area contributed by atoms with Crippen molar-refractivity contribution in [1.82, 2.24) is 5.32 Å². The molecular formula is C79H155NO5. The van der Waals surface area contributed by atoms with Crippen LogP contribution in [0, 0.1) is 0 Å². The molecule has 1 amide bonds. The van der Waals surface area contributed by atoms with E-state index in [9.17, 15) is 19.8 Å². The van der Waals surface area contributed by atoms with Gasteiger partial charge >= 0.3 is 5.97 Å². The highest BCUT2D eigenvalue weighted by Crippen LogP contribution is 2.20. The molecule has 0 aromatic carbocycles. The number of carbonyl (C=O) groups is 2. The summed E-state index contributed by atoms with van der Waals surface area (Å²) in [7, 11) is 0. The fourth-order valence-corrected chi connectivity index (χ4v) is 12.8. The average molecular weight is 1200 g/mol. The minimum absolute atomic E-state index is 0.0298. The van der Waals surface area contributed by atoms with Crippen molar-refractivity contribution in [2.24, 2.45) is 0 Å². The van der Waals surface area contributed by atoms with Crippen molar-refractivity contribution in [3.05, 3.63) is 12.2 Å². The molecule has 0 aromatic heterocycles. The van der Waals surface area contributed by atoms with Crippen LogP contribution in [-0.4, -0.2) is 47.4 Å². The predicted octanol–water partition coefficient (Wildman–Crippen LogP) is 25.9. The van der Waals surface area contributed by atoms with Crippen LogP contribution in [0.15, 0.2) is 12.2 Å². The highest BCUT2D eigenvalue weighted by molar-refractivity contribution is 5.76. The fraction of sp³-hybridized carbons (Fsp3) is 0.949. The van der Waals surface area contributed by atoms with Crippen LogP contribution >= 0.6 is 0 Å². The Kier molecular flexibility index (Phi) is 73.8. The minimum atomic E-state index is -0.837. The van der Waals surface area contributed by atoms with Gasteiger partial charge in [0.15, 0.2) is 0 Å². The van der Waals surface area contributed by atoms with Crippen LogP contribution in [0.1, 0.15) is 457 Å². The monoisotopic (exact) mass is 1200 g/mol. The second kappa shape index (κ2) is 75.1. The number of hydrogen-bond donors (Lipinski definition) is 3. The molecule has 0 bridgehead atoms. The summed E-state index contributed by atoms with van der Waals surface area (Å²) in [6, 6.07) is -0.621. The lowest BCUT2D eigenvalue weighted by atomic mass is 10.0. The zero-order valence-corrected chi connectivity index (χ0v) is 58.1. The van der Waals surface area contributed by atoms with Crippen LogP contribution in [0.2, 0.25) is 0 Å². The summed E-state index contributed by atoms with van der Waals surface area (Å²) >= 11 is 0. The Morgan fingerprint density at radius 2 is 0.541 bits per heavy atom. The molecule has 6 nitrogen and oxygen atoms in total. The van der Waals surface area contributed by atoms with Gasteiger partial charge in [0.25, 0.3) is 0 Å². The smallest absolute Gasteiger partial charge is 0.305 e. The average Bonchev–Trinajstić information content (AvgIpc) is 3.51. The van der Waals surface area contributed by atoms with E-state index < -0.39 is 12.1 Å². The number of rotatable bonds is 75. The Bertz CT molecular complexity index is 1290. The summed E-state index contributed by atoms with van der Waals surface area (Å²) in [4.78, 5) is 24.6. The molecular weight excluding hydrogens is 1040 g/mol. The maximum absolute atomic E-state index is 12.4. The van der Waals surface area contributed by atoms with Crippen molar-refractivity contribution in [3.8, 4) is 0 Å². The Balaban J connectivity index is 3.25. The molecule has 0 aliphatic carbocycles. The minimum Gasteiger partial charge on any atom is -0.466 e. The van der Waals surface area contributed by atoms with Crippen molar-refractivity contribution in [3.63, 3.8) is 0 Å². The van der Waals surface area contributed by atoms with Crippen LogP contribution in [0.4, 0.5) is 0 Å². The maximum atomic E-state index is 12.4. The van der Waals surface area contributed by atoms with E-state index in [2.05, 4.69) is 19.2 Å². The van der Waals surface area contributed by atoms with E-state index >= 15 is 0 Å². The second-order valence-electron chi connectivity index (χ2n) is 27.4. The van der Waals surface area contributed by atoms with E-state index in [0.29, 0.717) is 19.4 Å². The topological polar surface area (TPSA) is 95.9 Å². The summed E-state index contributed by atoms with van der Waals surface area (Å²) in [5.74, 6) is -0.0317. The van der Waals surface area contributed by atoms with Gasteiger partial charge in [-0.25, -0.2) is 0 Å². The summed E-state index contributed by atoms with van der Waals surface area (Å²) < 4.78 is 5.52. The molecule has 0 heterocycles. The van der Waals surface area contributed by atoms with Crippen LogP contribution in [-0.2, 0) is 14.3 Å². The van der Waals surface area contributed by atoms with Crippen LogP contribution in [0.3, 0.4) is 0 Å². The molecule has 2 unspecified atom stereocenters. The molecule has 0 aliphatic heterocycles. The highest BCUT2D eigenvalue weighted by atomic mass is 16.5. The Hall–Kier alpha value is -1.40. The van der Waals surface area contributed by atoms with E-state index in [4.69, 9.17) is 4.74 Å². The van der Waals surface area contributed by atoms with Crippen molar-refractivity contribution in [2.45, 2.75) is 469 Å². The van der Waals surface area contributed by atoms with Crippen LogP contribution in [0.5, 0.6) is 0 Å². The van der Waals surface area contributed by atoms with E-state index in [1.807, 2.05) is 6.08 Å². The largest absolute Gasteiger partial charge is 0.466 e. The van der Waals surface area contributed by atoms with E-state index in [1.165, 1.54) is 392 Å². The first-order valence-corrected chi connectivity index (χ1v) is 39.5. The number of unbranched alkanes of at least 4 members (excludes halogenated alkanes) is 64. The third kappa shape index (κ3) is 71.6. The van der Waals surface area contributed by atoms with Gasteiger partial charge in [-0.3, -0.25) is 9.59 Å². The standard InChI is InChI=1S/C79H155NO5/c1-3-5-7-9-11-13-15-16-17-18-40-44-47-50-53-57-61-65-69-73-79(84)85-74-70-66-62-58-54-51-48-45-42-39-37-35-33-31-29-27-25-23-21-19-20-22-24-26-28-30-32-34-36-38-41-43-46-49-52-56-60-64-68-72-78(83)80-76(75-81)77(82)71-67-63-59-55-14-12-10-8-6-4-2/h67,71,76-77,81-82H,3-66,68-70,72-75H2,1-2H3,(H,80,83)/b71-67+. The van der Waals surface area contributed by atoms with E-state index in [1.54, 1.807) is 6.08 Å². The van der Waals surface area contributed by atoms with Gasteiger partial charge in [0.2, 0.25) is 5.91 Å². The lowest BCUT2D eigenvalue weighted by Crippen LogP contribution is -2.45. The molecule has 3 N–H and O–H groups in total. The molecule has 2 atom stereocenters. The van der Waals surface area contributed by atoms with Gasteiger partial charge in [-0.1, -0.05) is 424 Å². The first kappa shape index (κ1) is 83.6. The number of amides is 1. The number of ether oxygens (including phenoxy) is 1. The predicted molar refractivity (Wildman–Crippen MR) is 375 cm³/mol. The molecule has 0 aliphatic rings. The van der Waals surface area contributed by atoms with Crippen molar-refractivity contribution in [1.29, 1.82) is 0 Å². The molecule has 0 radical (unpaired) electrons. The van der Waals surface area contributed by atoms with Crippen molar-refractivity contribution >= 4 is 11.9 Å². The molecule has 6 heteroatoms. The molecule has 0 saturated carbocycles. The van der Waals surface area contributed by atoms with E-state index in [0.717, 1.165) is 38.5 Å². The lowest BCUT2D eigenvalue weighted by Gasteiger charge is -2.20. The normalized spacial score (nSPS) is 12.5. The maximum Gasteiger partial charge on any atom is 0.305 e. The third-order valence-corrected chi connectivity index (χ3v) is 18.8. The van der Waals surface area contributed by atoms with Gasteiger partial charge < -0.3 is 20.3 Å². The summed E-state index contributed by atoms with van der Waals surface area (Å²) in [6.45, 7) is 4.94. The zero-order valence-electron chi connectivity index (χ0n) is 58.1. The van der Waals surface area contributed by atoms with Gasteiger partial charge in [-0.15, -0.1) is 0 Å². The molecule has 0 spiro atoms. The number of carbonyl (C=O) groups excluding carboxylic acids is 2. The fourth-order valence-electron chi connectivity index (χ4n) is 12.8. The van der Waals surface area contributed by atoms with Gasteiger partial charge in [0.1, 0.15) is 0 Å². The lowest BCUT2D eigenvalue weighted by molar-refractivity contribution is -0.143. The molecule has 0 aromatic rings. The number of esters is 1. The molecule has 506 valence electrons. The van der Waals surface area contributed by atoms with Gasteiger partial charge in [0.05, 0.1) is 25.4 Å². The second-order valence-corrected chi connectivity index (χ2v) is 27.4. The van der Waals surface area contributed by atoms with Gasteiger partial charge in [-0.05, 0) is 32.1 Å². The quantitative estimate of drug-likeness (QED) is 0.0320. The van der Waals surface area contributed by atoms with E-state index in [-0.39, 0.29) is 18.5 Å². The number of nitrogens with one attached hydrogen (secondary N) is 1. The number of aliphatic hydroxyl groups excluding tert-OH is 2. The summed E-state index contributed by atoms with van der Waals surface area (Å²) in [6.07, 6.45) is 95.1. The zero-order chi connectivity index (χ0) is 61.3. The Morgan fingerprint density at radius 1 is 0.318 bits per heavy atom. The van der Waals surface area contributed by atoms with Crippen LogP contribution in [0.25, 0.3) is 0 Å². The third-order valence-electron chi connectivity index (χ3n) is 18.8. The molecule has 0 rings (SSSR count). The molecule has 0 fully saturated rings. The molecule has 0 saturated heterocycles. The van der Waals surface area contributed by atoms with Crippen molar-refractivity contribution in [2.75, 3.05) is 13.2 Å². The summed E-state index contributed by atoms with van der Waals surface area (Å²) in [5, 5.41) is 23.0. The number of hydrogen-bond acceptors (Lipinski definition) is 5. The number of aliphatic hydroxyl groups is 2. The molecule has 85 heavy (non-hydrogen) atoms. The van der Waals surface area contributed by atoms with Gasteiger partial charge in [-0.2, -0.15) is 0 Å². The Morgan fingerprint density at radius 3 is 0.800 bits per heavy atom. The van der Waals surface area contributed by atoms with Crippen molar-refractivity contribution < 1.29 is 24.5 Å². The van der Waals surface area contributed by atoms with Crippen LogP contribution < -0.4 is 5.32 Å². The van der Waals surface area contributed by atoms with Gasteiger partial charge in [0, 0.05) is 12.8 Å². The first-order valence-electron chi connectivity index (χ1n) is 39.5. The first-order chi connectivity index (χ1) is 42.0. The summed E-state index contributed by atoms with van der Waals surface area (Å²) in [5.41, 5.74) is 0. The highest BCUT2D eigenvalue weighted by Gasteiger charge is 2.18. The number of allylic oxidation sites excluding steroid dienone is 1. The SMILES string of the molecule is CCCCCCCCCC/C=C/C(O)C(CO)NC(=O)CCCCCCCCCCCCCCCCCCCCCCCCCCCCCCCCCCCCCCCCCOC(=O)CCCCCCCCCCCCCCCCCCCCC. The Labute approximate surface area is 533 Å².